The average molecular weight is 373 g/mol. The molecule has 4 heteroatoms. The van der Waals surface area contributed by atoms with Gasteiger partial charge in [-0.25, -0.2) is 4.79 Å². The third-order valence-corrected chi connectivity index (χ3v) is 9.40. The molecule has 4 nitrogen and oxygen atoms in total. The molecule has 27 heavy (non-hydrogen) atoms. The van der Waals surface area contributed by atoms with Crippen molar-refractivity contribution in [1.82, 2.24) is 0 Å². The highest BCUT2D eigenvalue weighted by atomic mass is 16.5. The molecular weight excluding hydrogens is 340 g/mol. The van der Waals surface area contributed by atoms with E-state index in [9.17, 15) is 15.0 Å². The second-order valence-electron chi connectivity index (χ2n) is 10.3. The maximum absolute atomic E-state index is 12.1. The van der Waals surface area contributed by atoms with Gasteiger partial charge >= 0.3 is 5.97 Å². The summed E-state index contributed by atoms with van der Waals surface area (Å²) in [6, 6.07) is 0. The summed E-state index contributed by atoms with van der Waals surface area (Å²) in [4.78, 5) is 11.6. The van der Waals surface area contributed by atoms with Gasteiger partial charge in [0.05, 0.1) is 11.7 Å². The zero-order valence-electron chi connectivity index (χ0n) is 16.5. The van der Waals surface area contributed by atoms with E-state index < -0.39 is 5.60 Å². The number of carbonyl (C=O) groups excluding carboxylic acids is 1. The van der Waals surface area contributed by atoms with Gasteiger partial charge in [-0.1, -0.05) is 25.5 Å². The first-order chi connectivity index (χ1) is 12.8. The van der Waals surface area contributed by atoms with Crippen molar-refractivity contribution < 1.29 is 19.7 Å². The van der Waals surface area contributed by atoms with Crippen LogP contribution in [0.4, 0.5) is 0 Å². The number of aliphatic hydroxyl groups is 2. The number of hydrogen-bond donors (Lipinski definition) is 2. The van der Waals surface area contributed by atoms with Gasteiger partial charge in [-0.2, -0.15) is 0 Å². The van der Waals surface area contributed by atoms with Crippen LogP contribution in [-0.2, 0) is 9.53 Å². The van der Waals surface area contributed by atoms with E-state index in [0.29, 0.717) is 12.5 Å². The number of fused-ring (bicyclic) bond motifs is 5. The fourth-order valence-corrected chi connectivity index (χ4v) is 7.79. The molecule has 0 aromatic carbocycles. The number of hydrogen-bond acceptors (Lipinski definition) is 4. The van der Waals surface area contributed by atoms with E-state index in [1.165, 1.54) is 5.57 Å². The lowest BCUT2D eigenvalue weighted by Crippen LogP contribution is -2.60. The molecule has 0 aromatic rings. The molecule has 3 saturated carbocycles. The largest absolute Gasteiger partial charge is 0.458 e. The molecule has 5 rings (SSSR count). The number of aliphatic hydroxyl groups excluding tert-OH is 1. The zero-order chi connectivity index (χ0) is 19.0. The Kier molecular flexibility index (Phi) is 3.78. The number of ether oxygens (including phenoxy) is 1. The van der Waals surface area contributed by atoms with Crippen LogP contribution in [0, 0.1) is 28.6 Å². The third-order valence-electron chi connectivity index (χ3n) is 9.40. The molecule has 1 aliphatic heterocycles. The van der Waals surface area contributed by atoms with Crippen molar-refractivity contribution in [2.45, 2.75) is 76.9 Å². The van der Waals surface area contributed by atoms with Crippen molar-refractivity contribution in [1.29, 1.82) is 0 Å². The van der Waals surface area contributed by atoms with Crippen molar-refractivity contribution in [3.63, 3.8) is 0 Å². The Bertz CT molecular complexity index is 739. The normalized spacial score (nSPS) is 51.6. The van der Waals surface area contributed by atoms with Crippen LogP contribution in [0.25, 0.3) is 0 Å². The molecule has 0 amide bonds. The SMILES string of the molecule is C[C@]12CC[C@H](O)CC1=CC[C@H]1[C@@H]2CC[C@]2(C)[C@@H](C3=CC(=O)OC3)CC[C@]12O. The van der Waals surface area contributed by atoms with E-state index in [-0.39, 0.29) is 34.7 Å². The molecular formula is C23H32O4. The lowest BCUT2D eigenvalue weighted by Gasteiger charge is -2.61. The van der Waals surface area contributed by atoms with E-state index in [4.69, 9.17) is 4.74 Å². The minimum absolute atomic E-state index is 0.128. The topological polar surface area (TPSA) is 66.8 Å². The Labute approximate surface area is 161 Å². The quantitative estimate of drug-likeness (QED) is 0.546. The lowest BCUT2D eigenvalue weighted by molar-refractivity contribution is -0.176. The van der Waals surface area contributed by atoms with E-state index in [1.807, 2.05) is 0 Å². The van der Waals surface area contributed by atoms with Gasteiger partial charge in [0.1, 0.15) is 6.61 Å². The third kappa shape index (κ3) is 2.26. The predicted octanol–water partition coefficient (Wildman–Crippen LogP) is 3.52. The average Bonchev–Trinajstić information content (AvgIpc) is 3.16. The van der Waals surface area contributed by atoms with Gasteiger partial charge in [0, 0.05) is 11.5 Å². The maximum Gasteiger partial charge on any atom is 0.331 e. The number of rotatable bonds is 1. The smallest absolute Gasteiger partial charge is 0.331 e. The van der Waals surface area contributed by atoms with Gasteiger partial charge in [-0.3, -0.25) is 0 Å². The van der Waals surface area contributed by atoms with Gasteiger partial charge in [0.25, 0.3) is 0 Å². The van der Waals surface area contributed by atoms with Gasteiger partial charge in [0.2, 0.25) is 0 Å². The second kappa shape index (κ2) is 5.70. The minimum atomic E-state index is -0.672. The summed E-state index contributed by atoms with van der Waals surface area (Å²) >= 11 is 0. The Balaban J connectivity index is 1.50. The van der Waals surface area contributed by atoms with E-state index in [0.717, 1.165) is 56.9 Å². The molecule has 3 fully saturated rings. The molecule has 1 heterocycles. The summed E-state index contributed by atoms with van der Waals surface area (Å²) in [6.07, 6.45) is 11.4. The van der Waals surface area contributed by atoms with E-state index in [1.54, 1.807) is 6.08 Å². The van der Waals surface area contributed by atoms with Crippen LogP contribution in [0.1, 0.15) is 65.2 Å². The molecule has 0 saturated heterocycles. The standard InChI is InChI=1S/C23H32O4/c1-21-8-5-16(24)12-15(21)3-4-19-18(21)6-9-22(2)17(7-10-23(19,22)26)14-11-20(25)27-13-14/h3,11,16-19,24,26H,4-10,12-13H2,1-2H3/t16-,17+,18-,19-,21-,22+,23-/m0/s1. The molecule has 0 bridgehead atoms. The predicted molar refractivity (Wildman–Crippen MR) is 102 cm³/mol. The first kappa shape index (κ1) is 17.9. The first-order valence-electron chi connectivity index (χ1n) is 10.8. The molecule has 148 valence electrons. The number of allylic oxidation sites excluding steroid dienone is 1. The summed E-state index contributed by atoms with van der Waals surface area (Å²) in [5, 5.41) is 22.2. The molecule has 0 spiro atoms. The van der Waals surface area contributed by atoms with Crippen molar-refractivity contribution >= 4 is 5.97 Å². The zero-order valence-corrected chi connectivity index (χ0v) is 16.5. The molecule has 4 aliphatic carbocycles. The fraction of sp³-hybridized carbons (Fsp3) is 0.783. The van der Waals surface area contributed by atoms with Crippen molar-refractivity contribution in [2.24, 2.45) is 28.6 Å². The molecule has 0 unspecified atom stereocenters. The second-order valence-corrected chi connectivity index (χ2v) is 10.3. The molecule has 2 N–H and O–H groups in total. The van der Waals surface area contributed by atoms with Crippen molar-refractivity contribution in [3.05, 3.63) is 23.3 Å². The minimum Gasteiger partial charge on any atom is -0.458 e. The van der Waals surface area contributed by atoms with E-state index >= 15 is 0 Å². The highest BCUT2D eigenvalue weighted by Gasteiger charge is 2.66. The van der Waals surface area contributed by atoms with Crippen LogP contribution >= 0.6 is 0 Å². The first-order valence-corrected chi connectivity index (χ1v) is 10.8. The van der Waals surface area contributed by atoms with Crippen LogP contribution in [0.15, 0.2) is 23.3 Å². The van der Waals surface area contributed by atoms with Crippen molar-refractivity contribution in [3.8, 4) is 0 Å². The Morgan fingerprint density at radius 2 is 1.93 bits per heavy atom. The summed E-state index contributed by atoms with van der Waals surface area (Å²) < 4.78 is 5.19. The molecule has 0 radical (unpaired) electrons. The summed E-state index contributed by atoms with van der Waals surface area (Å²) in [5.41, 5.74) is 1.80. The Morgan fingerprint density at radius 3 is 2.67 bits per heavy atom. The van der Waals surface area contributed by atoms with E-state index in [2.05, 4.69) is 19.9 Å². The van der Waals surface area contributed by atoms with Crippen LogP contribution in [0.3, 0.4) is 0 Å². The fourth-order valence-electron chi connectivity index (χ4n) is 7.79. The maximum atomic E-state index is 12.1. The molecule has 5 aliphatic rings. The van der Waals surface area contributed by atoms with Crippen LogP contribution in [0.2, 0.25) is 0 Å². The van der Waals surface area contributed by atoms with Gasteiger partial charge in [-0.15, -0.1) is 0 Å². The summed E-state index contributed by atoms with van der Waals surface area (Å²) in [7, 11) is 0. The van der Waals surface area contributed by atoms with Gasteiger partial charge in [-0.05, 0) is 80.1 Å². The Hall–Kier alpha value is -1.13. The monoisotopic (exact) mass is 372 g/mol. The number of cyclic esters (lactones) is 1. The summed E-state index contributed by atoms with van der Waals surface area (Å²) in [6.45, 7) is 5.05. The van der Waals surface area contributed by atoms with Crippen LogP contribution < -0.4 is 0 Å². The van der Waals surface area contributed by atoms with Gasteiger partial charge < -0.3 is 14.9 Å². The lowest BCUT2D eigenvalue weighted by atomic mass is 9.45. The molecule has 7 atom stereocenters. The van der Waals surface area contributed by atoms with Gasteiger partial charge in [0.15, 0.2) is 0 Å². The molecule has 0 aromatic heterocycles. The number of esters is 1. The number of carbonyl (C=O) groups is 1. The van der Waals surface area contributed by atoms with Crippen LogP contribution in [-0.4, -0.2) is 34.5 Å². The highest BCUT2D eigenvalue weighted by molar-refractivity contribution is 5.85. The highest BCUT2D eigenvalue weighted by Crippen LogP contribution is 2.68. The Morgan fingerprint density at radius 1 is 1.11 bits per heavy atom. The summed E-state index contributed by atoms with van der Waals surface area (Å²) in [5.74, 6) is 0.804. The van der Waals surface area contributed by atoms with Crippen LogP contribution in [0.5, 0.6) is 0 Å². The van der Waals surface area contributed by atoms with Crippen molar-refractivity contribution in [2.75, 3.05) is 6.61 Å².